The van der Waals surface area contributed by atoms with Crippen LogP contribution in [0.2, 0.25) is 5.02 Å². The number of rotatable bonds is 2. The van der Waals surface area contributed by atoms with E-state index in [2.05, 4.69) is 6.92 Å². The van der Waals surface area contributed by atoms with Crippen LogP contribution in [0.25, 0.3) is 11.2 Å². The third-order valence-electron chi connectivity index (χ3n) is 5.27. The first kappa shape index (κ1) is 20.5. The van der Waals surface area contributed by atoms with Crippen molar-refractivity contribution < 1.29 is 9.53 Å². The van der Waals surface area contributed by atoms with Crippen molar-refractivity contribution in [3.63, 3.8) is 0 Å². The molecule has 1 saturated heterocycles. The number of fused-ring (bicyclic) bond motifs is 1. The average molecular weight is 429 g/mol. The van der Waals surface area contributed by atoms with Gasteiger partial charge in [0.1, 0.15) is 11.1 Å². The summed E-state index contributed by atoms with van der Waals surface area (Å²) in [7, 11) is 0. The number of amides is 1. The van der Waals surface area contributed by atoms with Crippen LogP contribution in [-0.2, 0) is 4.74 Å². The Bertz CT molecular complexity index is 1150. The smallest absolute Gasteiger partial charge is 0.410 e. The third kappa shape index (κ3) is 3.58. The van der Waals surface area contributed by atoms with Crippen LogP contribution in [0.4, 0.5) is 4.79 Å². The molecule has 1 fully saturated rings. The van der Waals surface area contributed by atoms with E-state index in [0.29, 0.717) is 28.6 Å². The summed E-state index contributed by atoms with van der Waals surface area (Å²) >= 11 is 6.27. The van der Waals surface area contributed by atoms with Crippen LogP contribution in [0.15, 0.2) is 47.4 Å². The van der Waals surface area contributed by atoms with Gasteiger partial charge in [-0.15, -0.1) is 0 Å². The van der Waals surface area contributed by atoms with Gasteiger partial charge in [-0.2, -0.15) is 5.10 Å². The van der Waals surface area contributed by atoms with E-state index in [0.717, 1.165) is 6.42 Å². The Kier molecular flexibility index (Phi) is 5.10. The minimum atomic E-state index is -0.613. The second-order valence-electron chi connectivity index (χ2n) is 8.68. The molecule has 4 rings (SSSR count). The highest BCUT2D eigenvalue weighted by molar-refractivity contribution is 6.33. The lowest BCUT2D eigenvalue weighted by molar-refractivity contribution is 0.0197. The molecule has 1 aliphatic rings. The fourth-order valence-corrected chi connectivity index (χ4v) is 4.16. The van der Waals surface area contributed by atoms with Gasteiger partial charge in [-0.25, -0.2) is 9.31 Å². The number of ether oxygens (including phenoxy) is 1. The van der Waals surface area contributed by atoms with Crippen LogP contribution in [-0.4, -0.2) is 37.3 Å². The van der Waals surface area contributed by atoms with Crippen LogP contribution in [0, 0.1) is 5.92 Å². The normalized spacial score (nSPS) is 19.4. The number of benzene rings is 1. The van der Waals surface area contributed by atoms with Crippen molar-refractivity contribution in [1.29, 1.82) is 0 Å². The van der Waals surface area contributed by atoms with Crippen molar-refractivity contribution in [3.8, 4) is 5.69 Å². The summed E-state index contributed by atoms with van der Waals surface area (Å²) in [5, 5.41) is 5.08. The zero-order chi connectivity index (χ0) is 21.6. The average Bonchev–Trinajstić information content (AvgIpc) is 3.24. The van der Waals surface area contributed by atoms with E-state index >= 15 is 0 Å². The van der Waals surface area contributed by atoms with E-state index in [-0.39, 0.29) is 11.5 Å². The molecule has 0 radical (unpaired) electrons. The van der Waals surface area contributed by atoms with Gasteiger partial charge in [-0.3, -0.25) is 14.3 Å². The van der Waals surface area contributed by atoms with E-state index in [1.807, 2.05) is 51.1 Å². The highest BCUT2D eigenvalue weighted by atomic mass is 35.5. The predicted octanol–water partition coefficient (Wildman–Crippen LogP) is 4.46. The summed E-state index contributed by atoms with van der Waals surface area (Å²) in [6, 6.07) is 10.5. The fourth-order valence-electron chi connectivity index (χ4n) is 3.93. The minimum absolute atomic E-state index is 0.0999. The number of halogens is 1. The first-order chi connectivity index (χ1) is 14.2. The second kappa shape index (κ2) is 7.47. The van der Waals surface area contributed by atoms with Crippen molar-refractivity contribution in [2.24, 2.45) is 5.92 Å². The first-order valence-electron chi connectivity index (χ1n) is 10.0. The summed E-state index contributed by atoms with van der Waals surface area (Å²) < 4.78 is 8.69. The Balaban J connectivity index is 1.92. The second-order valence-corrected chi connectivity index (χ2v) is 9.08. The SMILES string of the molecule is C[C@@H]1CCN(C(=O)OC(C)(C)C)[C@@H]1c1nn2ccc(Cl)c2c(=O)n1-c1ccccc1. The zero-order valence-corrected chi connectivity index (χ0v) is 18.3. The molecule has 2 atom stereocenters. The van der Waals surface area contributed by atoms with Gasteiger partial charge in [0.2, 0.25) is 0 Å². The van der Waals surface area contributed by atoms with E-state index in [1.165, 1.54) is 4.52 Å². The summed E-state index contributed by atoms with van der Waals surface area (Å²) in [5.41, 5.74) is 0.0916. The summed E-state index contributed by atoms with van der Waals surface area (Å²) in [4.78, 5) is 28.1. The molecule has 0 aliphatic carbocycles. The molecule has 1 aliphatic heterocycles. The number of likely N-dealkylation sites (tertiary alicyclic amines) is 1. The Morgan fingerprint density at radius 1 is 1.20 bits per heavy atom. The number of para-hydroxylation sites is 1. The van der Waals surface area contributed by atoms with E-state index in [4.69, 9.17) is 21.4 Å². The molecule has 3 heterocycles. The summed E-state index contributed by atoms with van der Waals surface area (Å²) in [6.45, 7) is 8.11. The molecule has 158 valence electrons. The lowest BCUT2D eigenvalue weighted by atomic mass is 10.0. The Morgan fingerprint density at radius 2 is 1.90 bits per heavy atom. The van der Waals surface area contributed by atoms with Crippen molar-refractivity contribution in [2.75, 3.05) is 6.54 Å². The molecule has 0 saturated carbocycles. The molecule has 8 heteroatoms. The van der Waals surface area contributed by atoms with Crippen molar-refractivity contribution >= 4 is 23.2 Å². The van der Waals surface area contributed by atoms with Crippen LogP contribution in [0.3, 0.4) is 0 Å². The Labute approximate surface area is 179 Å². The van der Waals surface area contributed by atoms with Gasteiger partial charge >= 0.3 is 6.09 Å². The maximum absolute atomic E-state index is 13.5. The monoisotopic (exact) mass is 428 g/mol. The van der Waals surface area contributed by atoms with Crippen LogP contribution in [0.1, 0.15) is 46.0 Å². The number of carbonyl (C=O) groups is 1. The highest BCUT2D eigenvalue weighted by Crippen LogP contribution is 2.37. The molecule has 0 bridgehead atoms. The number of hydrogen-bond acceptors (Lipinski definition) is 4. The molecule has 1 amide bonds. The van der Waals surface area contributed by atoms with Gasteiger partial charge in [0.05, 0.1) is 16.8 Å². The predicted molar refractivity (Wildman–Crippen MR) is 115 cm³/mol. The molecule has 0 spiro atoms. The molecular weight excluding hydrogens is 404 g/mol. The fraction of sp³-hybridized carbons (Fsp3) is 0.409. The van der Waals surface area contributed by atoms with Gasteiger partial charge < -0.3 is 4.74 Å². The molecule has 7 nitrogen and oxygen atoms in total. The molecule has 3 aromatic rings. The van der Waals surface area contributed by atoms with E-state index in [1.54, 1.807) is 21.7 Å². The first-order valence-corrected chi connectivity index (χ1v) is 10.4. The van der Waals surface area contributed by atoms with Crippen LogP contribution < -0.4 is 5.56 Å². The highest BCUT2D eigenvalue weighted by Gasteiger charge is 2.41. The van der Waals surface area contributed by atoms with Gasteiger partial charge in [-0.05, 0) is 51.3 Å². The van der Waals surface area contributed by atoms with Crippen LogP contribution >= 0.6 is 11.6 Å². The Hall–Kier alpha value is -2.80. The lowest BCUT2D eigenvalue weighted by Gasteiger charge is -2.30. The third-order valence-corrected chi connectivity index (χ3v) is 5.57. The van der Waals surface area contributed by atoms with Gasteiger partial charge in [0.15, 0.2) is 5.82 Å². The number of carbonyl (C=O) groups excluding carboxylic acids is 1. The van der Waals surface area contributed by atoms with Gasteiger partial charge in [0, 0.05) is 12.7 Å². The molecule has 2 aromatic heterocycles. The lowest BCUT2D eigenvalue weighted by Crippen LogP contribution is -2.40. The largest absolute Gasteiger partial charge is 0.444 e. The molecule has 0 unspecified atom stereocenters. The van der Waals surface area contributed by atoms with Gasteiger partial charge in [0.25, 0.3) is 5.56 Å². The van der Waals surface area contributed by atoms with Crippen molar-refractivity contribution in [2.45, 2.75) is 45.8 Å². The number of nitrogens with zero attached hydrogens (tertiary/aromatic N) is 4. The molecular formula is C22H25ClN4O3. The molecule has 30 heavy (non-hydrogen) atoms. The molecule has 0 N–H and O–H groups in total. The van der Waals surface area contributed by atoms with E-state index in [9.17, 15) is 9.59 Å². The zero-order valence-electron chi connectivity index (χ0n) is 17.5. The van der Waals surface area contributed by atoms with E-state index < -0.39 is 17.7 Å². The number of aromatic nitrogens is 3. The van der Waals surface area contributed by atoms with Crippen molar-refractivity contribution in [1.82, 2.24) is 19.1 Å². The van der Waals surface area contributed by atoms with Gasteiger partial charge in [-0.1, -0.05) is 36.7 Å². The summed E-state index contributed by atoms with van der Waals surface area (Å²) in [6.07, 6.45) is 2.05. The Morgan fingerprint density at radius 3 is 2.57 bits per heavy atom. The maximum Gasteiger partial charge on any atom is 0.410 e. The summed E-state index contributed by atoms with van der Waals surface area (Å²) in [5.74, 6) is 0.588. The minimum Gasteiger partial charge on any atom is -0.444 e. The molecule has 1 aromatic carbocycles. The number of hydrogen-bond donors (Lipinski definition) is 0. The topological polar surface area (TPSA) is 68.8 Å². The maximum atomic E-state index is 13.5. The van der Waals surface area contributed by atoms with Crippen LogP contribution in [0.5, 0.6) is 0 Å². The standard InChI is InChI=1S/C22H25ClN4O3/c1-14-10-12-25(21(29)30-22(2,3)4)17(14)19-24-26-13-11-16(23)18(26)20(28)27(19)15-8-6-5-7-9-15/h5-9,11,13-14,17H,10,12H2,1-4H3/t14-,17+/m1/s1. The van der Waals surface area contributed by atoms with Crippen molar-refractivity contribution in [3.05, 3.63) is 63.8 Å². The quantitative estimate of drug-likeness (QED) is 0.604.